The smallest absolute Gasteiger partial charge is 0.407 e. The Morgan fingerprint density at radius 3 is 2.48 bits per heavy atom. The van der Waals surface area contributed by atoms with Gasteiger partial charge in [-0.3, -0.25) is 0 Å². The average molecular weight is 377 g/mol. The molecule has 1 atom stereocenters. The van der Waals surface area contributed by atoms with Crippen molar-refractivity contribution in [2.24, 2.45) is 0 Å². The normalized spacial score (nSPS) is 10.9. The molecule has 0 saturated heterocycles. The molecule has 0 aromatic heterocycles. The maximum atomic E-state index is 11.8. The fourth-order valence-corrected chi connectivity index (χ4v) is 1.67. The van der Waals surface area contributed by atoms with E-state index in [0.717, 1.165) is 6.08 Å². The highest BCUT2D eigenvalue weighted by atomic mass is 16.6. The molecule has 0 bridgehead atoms. The number of rotatable bonds is 11. The van der Waals surface area contributed by atoms with E-state index in [2.05, 4.69) is 18.5 Å². The van der Waals surface area contributed by atoms with E-state index in [1.54, 1.807) is 24.3 Å². The van der Waals surface area contributed by atoms with E-state index in [1.165, 1.54) is 6.92 Å². The average Bonchev–Trinajstić information content (AvgIpc) is 2.67. The molecule has 1 rings (SSSR count). The summed E-state index contributed by atoms with van der Waals surface area (Å²) in [5, 5.41) is 2.41. The standard InChI is InChI=1S/C19H23NO7/c1-4-17(21)24-11-10-20-19(23)27-16(13-26-18(22)14(2)3)12-25-15-8-6-5-7-9-15/h4-9,16H,1-2,10-13H2,3H3,(H,20,23). The summed E-state index contributed by atoms with van der Waals surface area (Å²) in [4.78, 5) is 34.3. The molecular formula is C19H23NO7. The van der Waals surface area contributed by atoms with E-state index < -0.39 is 24.1 Å². The number of esters is 2. The number of nitrogens with one attached hydrogen (secondary N) is 1. The summed E-state index contributed by atoms with van der Waals surface area (Å²) in [6, 6.07) is 8.91. The number of hydrogen-bond donors (Lipinski definition) is 1. The second-order valence-corrected chi connectivity index (χ2v) is 5.33. The molecule has 0 radical (unpaired) electrons. The van der Waals surface area contributed by atoms with Gasteiger partial charge in [0.15, 0.2) is 6.10 Å². The van der Waals surface area contributed by atoms with Crippen molar-refractivity contribution in [2.45, 2.75) is 13.0 Å². The van der Waals surface area contributed by atoms with Gasteiger partial charge in [0.1, 0.15) is 25.6 Å². The van der Waals surface area contributed by atoms with Crippen LogP contribution in [0.1, 0.15) is 6.92 Å². The molecule has 1 aromatic rings. The summed E-state index contributed by atoms with van der Waals surface area (Å²) in [6.45, 7) is 8.05. The highest BCUT2D eigenvalue weighted by Gasteiger charge is 2.18. The van der Waals surface area contributed by atoms with Gasteiger partial charge in [-0.15, -0.1) is 0 Å². The minimum Gasteiger partial charge on any atom is -0.490 e. The van der Waals surface area contributed by atoms with Crippen LogP contribution in [0.2, 0.25) is 0 Å². The first kappa shape index (κ1) is 21.8. The van der Waals surface area contributed by atoms with E-state index >= 15 is 0 Å². The van der Waals surface area contributed by atoms with E-state index in [9.17, 15) is 14.4 Å². The third-order valence-electron chi connectivity index (χ3n) is 2.98. The largest absolute Gasteiger partial charge is 0.490 e. The highest BCUT2D eigenvalue weighted by Crippen LogP contribution is 2.10. The fraction of sp³-hybridized carbons (Fsp3) is 0.316. The van der Waals surface area contributed by atoms with Crippen LogP contribution in [0.3, 0.4) is 0 Å². The van der Waals surface area contributed by atoms with Crippen LogP contribution in [-0.2, 0) is 23.8 Å². The first-order chi connectivity index (χ1) is 12.9. The Kier molecular flexibility index (Phi) is 9.77. The third kappa shape index (κ3) is 9.69. The molecule has 0 fully saturated rings. The van der Waals surface area contributed by atoms with Crippen molar-refractivity contribution in [3.63, 3.8) is 0 Å². The molecule has 1 amide bonds. The first-order valence-corrected chi connectivity index (χ1v) is 8.16. The van der Waals surface area contributed by atoms with Crippen LogP contribution in [-0.4, -0.2) is 50.5 Å². The summed E-state index contributed by atoms with van der Waals surface area (Å²) in [6.07, 6.45) is -0.590. The molecule has 8 nitrogen and oxygen atoms in total. The quantitative estimate of drug-likeness (QED) is 0.272. The fourth-order valence-electron chi connectivity index (χ4n) is 1.67. The van der Waals surface area contributed by atoms with Crippen LogP contribution in [0.25, 0.3) is 0 Å². The van der Waals surface area contributed by atoms with Gasteiger partial charge in [-0.05, 0) is 19.1 Å². The van der Waals surface area contributed by atoms with Crippen molar-refractivity contribution in [2.75, 3.05) is 26.4 Å². The lowest BCUT2D eigenvalue weighted by Crippen LogP contribution is -2.36. The number of carbonyl (C=O) groups is 3. The summed E-state index contributed by atoms with van der Waals surface area (Å²) in [7, 11) is 0. The Hall–Kier alpha value is -3.29. The SMILES string of the molecule is C=CC(=O)OCCNC(=O)OC(COC(=O)C(=C)C)COc1ccccc1. The van der Waals surface area contributed by atoms with Crippen molar-refractivity contribution >= 4 is 18.0 Å². The molecule has 0 aliphatic heterocycles. The Bertz CT molecular complexity index is 657. The van der Waals surface area contributed by atoms with Crippen LogP contribution in [0.15, 0.2) is 55.1 Å². The second kappa shape index (κ2) is 12.1. The van der Waals surface area contributed by atoms with Crippen molar-refractivity contribution in [1.82, 2.24) is 5.32 Å². The number of ether oxygens (including phenoxy) is 4. The van der Waals surface area contributed by atoms with E-state index in [1.807, 2.05) is 6.07 Å². The maximum Gasteiger partial charge on any atom is 0.407 e. The molecule has 1 unspecified atom stereocenters. The molecule has 146 valence electrons. The number of para-hydroxylation sites is 1. The zero-order valence-electron chi connectivity index (χ0n) is 15.1. The van der Waals surface area contributed by atoms with Crippen molar-refractivity contribution < 1.29 is 33.3 Å². The number of carbonyl (C=O) groups excluding carboxylic acids is 3. The molecule has 0 heterocycles. The van der Waals surface area contributed by atoms with E-state index in [-0.39, 0.29) is 31.9 Å². The molecule has 8 heteroatoms. The third-order valence-corrected chi connectivity index (χ3v) is 2.98. The molecular weight excluding hydrogens is 354 g/mol. The second-order valence-electron chi connectivity index (χ2n) is 5.33. The minimum atomic E-state index is -0.843. The van der Waals surface area contributed by atoms with Gasteiger partial charge >= 0.3 is 18.0 Å². The van der Waals surface area contributed by atoms with Crippen LogP contribution in [0.5, 0.6) is 5.75 Å². The first-order valence-electron chi connectivity index (χ1n) is 8.16. The monoisotopic (exact) mass is 377 g/mol. The van der Waals surface area contributed by atoms with Gasteiger partial charge in [-0.1, -0.05) is 31.4 Å². The predicted octanol–water partition coefficient (Wildman–Crippen LogP) is 2.01. The lowest BCUT2D eigenvalue weighted by molar-refractivity contribution is -0.142. The van der Waals surface area contributed by atoms with E-state index in [0.29, 0.717) is 5.75 Å². The number of hydrogen-bond acceptors (Lipinski definition) is 7. The van der Waals surface area contributed by atoms with Crippen molar-refractivity contribution in [1.29, 1.82) is 0 Å². The zero-order chi connectivity index (χ0) is 20.1. The topological polar surface area (TPSA) is 100 Å². The lowest BCUT2D eigenvalue weighted by atomic mass is 10.3. The van der Waals surface area contributed by atoms with Gasteiger partial charge in [0, 0.05) is 11.6 Å². The van der Waals surface area contributed by atoms with Gasteiger partial charge in [0.25, 0.3) is 0 Å². The number of alkyl carbamates (subject to hydrolysis) is 1. The van der Waals surface area contributed by atoms with Gasteiger partial charge < -0.3 is 24.3 Å². The van der Waals surface area contributed by atoms with Crippen LogP contribution in [0, 0.1) is 0 Å². The zero-order valence-corrected chi connectivity index (χ0v) is 15.1. The molecule has 0 aliphatic carbocycles. The molecule has 0 spiro atoms. The van der Waals surface area contributed by atoms with Crippen molar-refractivity contribution in [3.05, 3.63) is 55.1 Å². The van der Waals surface area contributed by atoms with Crippen molar-refractivity contribution in [3.8, 4) is 5.75 Å². The molecule has 1 N–H and O–H groups in total. The molecule has 1 aromatic carbocycles. The summed E-state index contributed by atoms with van der Waals surface area (Å²) >= 11 is 0. The van der Waals surface area contributed by atoms with Gasteiger partial charge in [0.2, 0.25) is 0 Å². The number of benzene rings is 1. The minimum absolute atomic E-state index is 0.0215. The lowest BCUT2D eigenvalue weighted by Gasteiger charge is -2.19. The summed E-state index contributed by atoms with van der Waals surface area (Å²) in [5.41, 5.74) is 0.228. The summed E-state index contributed by atoms with van der Waals surface area (Å²) in [5.74, 6) is -0.611. The predicted molar refractivity (Wildman–Crippen MR) is 97.1 cm³/mol. The molecule has 0 saturated carbocycles. The van der Waals surface area contributed by atoms with Gasteiger partial charge in [-0.2, -0.15) is 0 Å². The van der Waals surface area contributed by atoms with Gasteiger partial charge in [-0.25, -0.2) is 14.4 Å². The van der Waals surface area contributed by atoms with E-state index in [4.69, 9.17) is 18.9 Å². The Labute approximate surface area is 157 Å². The summed E-state index contributed by atoms with van der Waals surface area (Å²) < 4.78 is 20.5. The maximum absolute atomic E-state index is 11.8. The molecule has 27 heavy (non-hydrogen) atoms. The highest BCUT2D eigenvalue weighted by molar-refractivity contribution is 5.86. The Balaban J connectivity index is 2.49. The van der Waals surface area contributed by atoms with Crippen LogP contribution >= 0.6 is 0 Å². The van der Waals surface area contributed by atoms with Gasteiger partial charge in [0.05, 0.1) is 6.54 Å². The van der Waals surface area contributed by atoms with Crippen LogP contribution < -0.4 is 10.1 Å². The Morgan fingerprint density at radius 2 is 1.85 bits per heavy atom. The number of amides is 1. The Morgan fingerprint density at radius 1 is 1.15 bits per heavy atom. The molecule has 0 aliphatic rings. The van der Waals surface area contributed by atoms with Crippen LogP contribution in [0.4, 0.5) is 4.79 Å².